The smallest absolute Gasteiger partial charge is 0.216 e. The number of morpholine rings is 1. The van der Waals surface area contributed by atoms with E-state index in [0.29, 0.717) is 17.8 Å². The first kappa shape index (κ1) is 20.6. The number of rotatable bonds is 7. The van der Waals surface area contributed by atoms with Gasteiger partial charge in [-0.3, -0.25) is 4.90 Å². The Morgan fingerprint density at radius 1 is 1.22 bits per heavy atom. The van der Waals surface area contributed by atoms with Crippen molar-refractivity contribution in [3.05, 3.63) is 22.6 Å². The average Bonchev–Trinajstić information content (AvgIpc) is 3.07. The van der Waals surface area contributed by atoms with Crippen molar-refractivity contribution in [1.82, 2.24) is 4.90 Å². The summed E-state index contributed by atoms with van der Waals surface area (Å²) in [4.78, 5) is 6.83. The van der Waals surface area contributed by atoms with Crippen molar-refractivity contribution in [3.8, 4) is 0 Å². The van der Waals surface area contributed by atoms with Crippen LogP contribution in [-0.4, -0.2) is 61.8 Å². The second-order valence-corrected chi connectivity index (χ2v) is 8.23. The van der Waals surface area contributed by atoms with Gasteiger partial charge in [-0.15, -0.1) is 0 Å². The van der Waals surface area contributed by atoms with Crippen molar-refractivity contribution in [3.63, 3.8) is 0 Å². The minimum atomic E-state index is 0.233. The average molecular weight is 377 g/mol. The summed E-state index contributed by atoms with van der Waals surface area (Å²) in [7, 11) is 0. The van der Waals surface area contributed by atoms with E-state index in [2.05, 4.69) is 30.5 Å². The molecule has 0 aromatic heterocycles. The summed E-state index contributed by atoms with van der Waals surface area (Å²) in [5, 5.41) is 9.38. The molecule has 1 aliphatic heterocycles. The Bertz CT molecular complexity index is 570. The van der Waals surface area contributed by atoms with E-state index < -0.39 is 0 Å². The number of aliphatic imine (C=N–C) groups is 1. The second kappa shape index (κ2) is 9.85. The molecule has 2 aliphatic carbocycles. The van der Waals surface area contributed by atoms with Crippen LogP contribution in [0.5, 0.6) is 0 Å². The molecule has 3 aliphatic rings. The molecule has 5 heteroatoms. The molecule has 27 heavy (non-hydrogen) atoms. The monoisotopic (exact) mass is 376 g/mol. The maximum absolute atomic E-state index is 9.38. The molecule has 1 heterocycles. The lowest BCUT2D eigenvalue weighted by atomic mass is 9.91. The van der Waals surface area contributed by atoms with Crippen molar-refractivity contribution in [1.29, 1.82) is 0 Å². The number of ether oxygens (including phenoxy) is 2. The van der Waals surface area contributed by atoms with Crippen LogP contribution in [0.2, 0.25) is 0 Å². The van der Waals surface area contributed by atoms with Crippen molar-refractivity contribution in [2.75, 3.05) is 32.9 Å². The molecule has 0 radical (unpaired) electrons. The first-order valence-electron chi connectivity index (χ1n) is 10.6. The van der Waals surface area contributed by atoms with Gasteiger partial charge in [-0.05, 0) is 77.0 Å². The largest absolute Gasteiger partial charge is 0.474 e. The maximum atomic E-state index is 9.38. The predicted molar refractivity (Wildman–Crippen MR) is 109 cm³/mol. The first-order valence-corrected chi connectivity index (χ1v) is 10.6. The molecule has 5 nitrogen and oxygen atoms in total. The lowest BCUT2D eigenvalue weighted by Gasteiger charge is -2.38. The van der Waals surface area contributed by atoms with Crippen LogP contribution in [0.3, 0.4) is 0 Å². The topological polar surface area (TPSA) is 54.3 Å². The van der Waals surface area contributed by atoms with Gasteiger partial charge < -0.3 is 14.6 Å². The second-order valence-electron chi connectivity index (χ2n) is 8.23. The Morgan fingerprint density at radius 3 is 2.56 bits per heavy atom. The molecule has 0 bridgehead atoms. The fraction of sp³-hybridized carbons (Fsp3) is 0.773. The quantitative estimate of drug-likeness (QED) is 0.544. The lowest BCUT2D eigenvalue weighted by molar-refractivity contribution is -0.00911. The van der Waals surface area contributed by atoms with E-state index in [4.69, 9.17) is 9.47 Å². The van der Waals surface area contributed by atoms with Crippen LogP contribution in [0.25, 0.3) is 0 Å². The zero-order chi connectivity index (χ0) is 19.2. The number of hydrogen-bond donors (Lipinski definition) is 1. The molecule has 1 saturated carbocycles. The minimum Gasteiger partial charge on any atom is -0.474 e. The number of nitrogens with zero attached hydrogens (tertiary/aromatic N) is 2. The molecule has 2 fully saturated rings. The molecule has 3 rings (SSSR count). The molecular formula is C22H36N2O3. The van der Waals surface area contributed by atoms with E-state index in [0.717, 1.165) is 64.0 Å². The van der Waals surface area contributed by atoms with Crippen molar-refractivity contribution < 1.29 is 14.6 Å². The molecule has 1 atom stereocenters. The number of aliphatic hydroxyl groups excluding tert-OH is 1. The third-order valence-corrected chi connectivity index (χ3v) is 6.57. The standard InChI is InChI=1S/C22H36N2O3/c1-16-4-5-18(10-13-25)21(16)17(2)22(23-3)27-20-8-6-19(7-9-20)24-11-14-26-15-12-24/h18-20,25H,3-15H2,1-2H3. The maximum Gasteiger partial charge on any atom is 0.216 e. The number of allylic oxidation sites excluding steroid dienone is 3. The van der Waals surface area contributed by atoms with Crippen LogP contribution in [0.4, 0.5) is 0 Å². The van der Waals surface area contributed by atoms with E-state index in [1.807, 2.05) is 0 Å². The van der Waals surface area contributed by atoms with Crippen LogP contribution in [-0.2, 0) is 9.47 Å². The van der Waals surface area contributed by atoms with E-state index in [9.17, 15) is 5.11 Å². The van der Waals surface area contributed by atoms with Gasteiger partial charge in [0.15, 0.2) is 0 Å². The summed E-state index contributed by atoms with van der Waals surface area (Å²) in [6.45, 7) is 12.2. The highest BCUT2D eigenvalue weighted by molar-refractivity contribution is 5.42. The molecule has 1 unspecified atom stereocenters. The fourth-order valence-electron chi connectivity index (χ4n) is 5.08. The molecule has 0 spiro atoms. The van der Waals surface area contributed by atoms with Gasteiger partial charge in [0.05, 0.1) is 13.2 Å². The Morgan fingerprint density at radius 2 is 1.93 bits per heavy atom. The van der Waals surface area contributed by atoms with Gasteiger partial charge in [-0.25, -0.2) is 4.99 Å². The van der Waals surface area contributed by atoms with Gasteiger partial charge in [0.25, 0.3) is 0 Å². The van der Waals surface area contributed by atoms with Gasteiger partial charge in [0.2, 0.25) is 5.88 Å². The molecule has 1 N–H and O–H groups in total. The lowest BCUT2D eigenvalue weighted by Crippen LogP contribution is -2.45. The van der Waals surface area contributed by atoms with Crippen LogP contribution in [0.15, 0.2) is 27.6 Å². The Balaban J connectivity index is 1.60. The Kier molecular flexibility index (Phi) is 7.50. The third kappa shape index (κ3) is 5.01. The Hall–Kier alpha value is -1.17. The molecule has 0 amide bonds. The van der Waals surface area contributed by atoms with Crippen molar-refractivity contribution in [2.24, 2.45) is 10.9 Å². The number of hydrogen-bond acceptors (Lipinski definition) is 5. The van der Waals surface area contributed by atoms with E-state index in [-0.39, 0.29) is 12.7 Å². The molecule has 1 saturated heterocycles. The number of aliphatic hydroxyl groups is 1. The zero-order valence-electron chi connectivity index (χ0n) is 17.1. The van der Waals surface area contributed by atoms with Gasteiger partial charge in [-0.2, -0.15) is 0 Å². The van der Waals surface area contributed by atoms with E-state index >= 15 is 0 Å². The highest BCUT2D eigenvalue weighted by Gasteiger charge is 2.30. The van der Waals surface area contributed by atoms with Crippen LogP contribution in [0, 0.1) is 5.92 Å². The fourth-order valence-corrected chi connectivity index (χ4v) is 5.08. The summed E-state index contributed by atoms with van der Waals surface area (Å²) in [6.07, 6.45) is 7.79. The molecule has 0 aromatic rings. The van der Waals surface area contributed by atoms with Gasteiger partial charge in [0, 0.05) is 31.3 Å². The van der Waals surface area contributed by atoms with Gasteiger partial charge >= 0.3 is 0 Å². The Labute approximate surface area is 164 Å². The van der Waals surface area contributed by atoms with Gasteiger partial charge in [0.1, 0.15) is 6.10 Å². The highest BCUT2D eigenvalue weighted by Crippen LogP contribution is 2.40. The van der Waals surface area contributed by atoms with Crippen molar-refractivity contribution in [2.45, 2.75) is 70.9 Å². The van der Waals surface area contributed by atoms with E-state index in [1.165, 1.54) is 24.0 Å². The molecular weight excluding hydrogens is 340 g/mol. The predicted octanol–water partition coefficient (Wildman–Crippen LogP) is 3.69. The summed E-state index contributed by atoms with van der Waals surface area (Å²) < 4.78 is 11.8. The van der Waals surface area contributed by atoms with E-state index in [1.54, 1.807) is 0 Å². The van der Waals surface area contributed by atoms with Crippen LogP contribution >= 0.6 is 0 Å². The van der Waals surface area contributed by atoms with Gasteiger partial charge in [-0.1, -0.05) is 5.57 Å². The highest BCUT2D eigenvalue weighted by atomic mass is 16.5. The minimum absolute atomic E-state index is 0.233. The zero-order valence-corrected chi connectivity index (χ0v) is 17.1. The summed E-state index contributed by atoms with van der Waals surface area (Å²) >= 11 is 0. The van der Waals surface area contributed by atoms with Crippen LogP contribution in [0.1, 0.15) is 58.8 Å². The third-order valence-electron chi connectivity index (χ3n) is 6.57. The summed E-state index contributed by atoms with van der Waals surface area (Å²) in [5.74, 6) is 1.12. The normalized spacial score (nSPS) is 31.0. The first-order chi connectivity index (χ1) is 13.1. The molecule has 0 aromatic carbocycles. The SMILES string of the molecule is C=NC(OC1CCC(N2CCOCC2)CC1)=C(C)C1=C(C)CCC1CCO. The molecule has 152 valence electrons. The summed E-state index contributed by atoms with van der Waals surface area (Å²) in [6, 6.07) is 0.674. The van der Waals surface area contributed by atoms with Crippen LogP contribution < -0.4 is 0 Å². The summed E-state index contributed by atoms with van der Waals surface area (Å²) in [5.41, 5.74) is 3.87. The van der Waals surface area contributed by atoms with Crippen molar-refractivity contribution >= 4 is 6.72 Å².